The van der Waals surface area contributed by atoms with E-state index in [4.69, 9.17) is 20.8 Å². The third kappa shape index (κ3) is 2.33. The molecule has 0 aromatic heterocycles. The van der Waals surface area contributed by atoms with Crippen molar-refractivity contribution in [2.45, 2.75) is 51.0 Å². The van der Waals surface area contributed by atoms with Gasteiger partial charge in [-0.3, -0.25) is 0 Å². The van der Waals surface area contributed by atoms with Crippen LogP contribution >= 0.6 is 0 Å². The van der Waals surface area contributed by atoms with Crippen molar-refractivity contribution in [3.63, 3.8) is 0 Å². The third-order valence-electron chi connectivity index (χ3n) is 3.80. The van der Waals surface area contributed by atoms with Gasteiger partial charge in [0.2, 0.25) is 0 Å². The van der Waals surface area contributed by atoms with Crippen LogP contribution in [0, 0.1) is 0 Å². The van der Waals surface area contributed by atoms with Gasteiger partial charge in [0.1, 0.15) is 0 Å². The highest BCUT2D eigenvalue weighted by Crippen LogP contribution is 2.39. The lowest BCUT2D eigenvalue weighted by Crippen LogP contribution is -2.48. The predicted octanol–water partition coefficient (Wildman–Crippen LogP) is 1.12. The van der Waals surface area contributed by atoms with Crippen LogP contribution in [-0.4, -0.2) is 24.0 Å². The summed E-state index contributed by atoms with van der Waals surface area (Å²) in [5, 5.41) is 0. The molecule has 17 heavy (non-hydrogen) atoms. The van der Waals surface area contributed by atoms with Crippen molar-refractivity contribution in [3.8, 4) is 0 Å². The van der Waals surface area contributed by atoms with Crippen molar-refractivity contribution in [2.75, 3.05) is 0 Å². The molecule has 4 N–H and O–H groups in total. The molecule has 94 valence electrons. The van der Waals surface area contributed by atoms with Crippen molar-refractivity contribution in [2.24, 2.45) is 11.5 Å². The Morgan fingerprint density at radius 3 is 2.06 bits per heavy atom. The maximum Gasteiger partial charge on any atom is 0.494 e. The Bertz CT molecular complexity index is 370. The van der Waals surface area contributed by atoms with Gasteiger partial charge in [-0.25, -0.2) is 0 Å². The average molecular weight is 236 g/mol. The van der Waals surface area contributed by atoms with Gasteiger partial charge < -0.3 is 20.8 Å². The van der Waals surface area contributed by atoms with Crippen LogP contribution in [0.1, 0.15) is 34.1 Å². The quantitative estimate of drug-likeness (QED) is 0.528. The molecule has 0 aromatic carbocycles. The zero-order chi connectivity index (χ0) is 12.9. The van der Waals surface area contributed by atoms with Crippen LogP contribution in [0.25, 0.3) is 0 Å². The van der Waals surface area contributed by atoms with Crippen molar-refractivity contribution >= 4 is 7.12 Å². The summed E-state index contributed by atoms with van der Waals surface area (Å²) < 4.78 is 11.9. The van der Waals surface area contributed by atoms with Crippen LogP contribution in [0.2, 0.25) is 0 Å². The zero-order valence-corrected chi connectivity index (χ0v) is 11.0. The molecule has 0 atom stereocenters. The van der Waals surface area contributed by atoms with Crippen LogP contribution in [0.4, 0.5) is 0 Å². The Balaban J connectivity index is 2.14. The highest BCUT2D eigenvalue weighted by molar-refractivity contribution is 6.55. The number of allylic oxidation sites excluding steroid dienone is 2. The van der Waals surface area contributed by atoms with E-state index in [1.54, 1.807) is 6.08 Å². The predicted molar refractivity (Wildman–Crippen MR) is 69.0 cm³/mol. The second-order valence-corrected chi connectivity index (χ2v) is 5.94. The van der Waals surface area contributed by atoms with E-state index in [1.807, 2.05) is 39.8 Å². The van der Waals surface area contributed by atoms with Crippen LogP contribution in [0.3, 0.4) is 0 Å². The van der Waals surface area contributed by atoms with E-state index in [9.17, 15) is 0 Å². The molecular formula is C12H21BN2O2. The van der Waals surface area contributed by atoms with Gasteiger partial charge in [0.15, 0.2) is 0 Å². The first-order valence-electron chi connectivity index (χ1n) is 5.96. The van der Waals surface area contributed by atoms with Gasteiger partial charge >= 0.3 is 7.12 Å². The van der Waals surface area contributed by atoms with Crippen LogP contribution in [0.5, 0.6) is 0 Å². The van der Waals surface area contributed by atoms with Gasteiger partial charge in [-0.15, -0.1) is 0 Å². The minimum absolute atomic E-state index is 0.313. The molecule has 5 heteroatoms. The van der Waals surface area contributed by atoms with Gasteiger partial charge in [0, 0.05) is 6.42 Å². The van der Waals surface area contributed by atoms with Crippen LogP contribution < -0.4 is 11.5 Å². The first kappa shape index (κ1) is 12.8. The third-order valence-corrected chi connectivity index (χ3v) is 3.80. The first-order valence-corrected chi connectivity index (χ1v) is 5.96. The summed E-state index contributed by atoms with van der Waals surface area (Å²) in [7, 11) is -0.327. The van der Waals surface area contributed by atoms with Crippen LogP contribution in [0.15, 0.2) is 23.7 Å². The van der Waals surface area contributed by atoms with Crippen LogP contribution in [-0.2, 0) is 9.31 Å². The summed E-state index contributed by atoms with van der Waals surface area (Å²) in [5.41, 5.74) is 11.2. The lowest BCUT2D eigenvalue weighted by Gasteiger charge is -2.32. The van der Waals surface area contributed by atoms with E-state index in [-0.39, 0.29) is 18.3 Å². The van der Waals surface area contributed by atoms with E-state index >= 15 is 0 Å². The van der Waals surface area contributed by atoms with Crippen molar-refractivity contribution in [3.05, 3.63) is 23.7 Å². The molecule has 0 amide bonds. The topological polar surface area (TPSA) is 70.5 Å². The molecule has 0 spiro atoms. The molecular weight excluding hydrogens is 215 g/mol. The van der Waals surface area contributed by atoms with Gasteiger partial charge in [0.25, 0.3) is 0 Å². The molecule has 0 bridgehead atoms. The fraction of sp³-hybridized carbons (Fsp3) is 0.667. The van der Waals surface area contributed by atoms with E-state index in [2.05, 4.69) is 0 Å². The summed E-state index contributed by atoms with van der Waals surface area (Å²) in [4.78, 5) is 0. The smallest absolute Gasteiger partial charge is 0.399 e. The molecule has 0 aromatic rings. The molecule has 0 radical (unpaired) electrons. The Hall–Kier alpha value is -0.615. The van der Waals surface area contributed by atoms with E-state index in [0.29, 0.717) is 6.42 Å². The summed E-state index contributed by atoms with van der Waals surface area (Å²) in [6.45, 7) is 8.15. The fourth-order valence-corrected chi connectivity index (χ4v) is 1.84. The molecule has 0 saturated carbocycles. The molecule has 1 aliphatic carbocycles. The van der Waals surface area contributed by atoms with Gasteiger partial charge in [-0.2, -0.15) is 0 Å². The summed E-state index contributed by atoms with van der Waals surface area (Å²) in [6.07, 6.45) is 6.28. The van der Waals surface area contributed by atoms with Gasteiger partial charge in [-0.1, -0.05) is 18.2 Å². The number of rotatable bonds is 1. The Kier molecular flexibility index (Phi) is 2.78. The van der Waals surface area contributed by atoms with E-state index < -0.39 is 5.66 Å². The Morgan fingerprint density at radius 2 is 1.65 bits per heavy atom. The lowest BCUT2D eigenvalue weighted by atomic mass is 9.74. The minimum atomic E-state index is -0.743. The molecule has 4 nitrogen and oxygen atoms in total. The molecule has 0 unspecified atom stereocenters. The normalized spacial score (nSPS) is 29.3. The highest BCUT2D eigenvalue weighted by Gasteiger charge is 2.52. The SMILES string of the molecule is CC1(C)OB(C2=CCC(N)(N)C=C2)OC1(C)C. The Labute approximate surface area is 103 Å². The van der Waals surface area contributed by atoms with E-state index in [0.717, 1.165) is 5.47 Å². The van der Waals surface area contributed by atoms with E-state index in [1.165, 1.54) is 0 Å². The second kappa shape index (κ2) is 3.69. The first-order chi connectivity index (χ1) is 7.63. The highest BCUT2D eigenvalue weighted by atomic mass is 16.7. The number of hydrogen-bond acceptors (Lipinski definition) is 4. The Morgan fingerprint density at radius 1 is 1.12 bits per heavy atom. The monoisotopic (exact) mass is 236 g/mol. The molecule has 2 aliphatic rings. The standard InChI is InChI=1S/C12H21BN2O2/c1-10(2)11(3,4)17-13(16-10)9-5-7-12(14,15)8-6-9/h5-7H,8,14-15H2,1-4H3. The maximum absolute atomic E-state index is 5.95. The molecule has 2 rings (SSSR count). The molecule has 1 saturated heterocycles. The zero-order valence-electron chi connectivity index (χ0n) is 11.0. The lowest BCUT2D eigenvalue weighted by molar-refractivity contribution is 0.00578. The largest absolute Gasteiger partial charge is 0.494 e. The summed E-state index contributed by atoms with van der Waals surface area (Å²) >= 11 is 0. The number of hydrogen-bond donors (Lipinski definition) is 2. The van der Waals surface area contributed by atoms with Gasteiger partial charge in [-0.05, 0) is 33.2 Å². The van der Waals surface area contributed by atoms with Gasteiger partial charge in [0.05, 0.1) is 16.9 Å². The van der Waals surface area contributed by atoms with Crippen molar-refractivity contribution < 1.29 is 9.31 Å². The second-order valence-electron chi connectivity index (χ2n) is 5.94. The fourth-order valence-electron chi connectivity index (χ4n) is 1.84. The average Bonchev–Trinajstić information content (AvgIpc) is 2.35. The molecule has 1 aliphatic heterocycles. The summed E-state index contributed by atoms with van der Waals surface area (Å²) in [5.74, 6) is 0. The minimum Gasteiger partial charge on any atom is -0.399 e. The van der Waals surface area contributed by atoms with Crippen molar-refractivity contribution in [1.82, 2.24) is 0 Å². The summed E-state index contributed by atoms with van der Waals surface area (Å²) in [6, 6.07) is 0. The van der Waals surface area contributed by atoms with Crippen molar-refractivity contribution in [1.29, 1.82) is 0 Å². The maximum atomic E-state index is 5.95. The molecule has 1 heterocycles. The molecule has 1 fully saturated rings. The number of nitrogens with two attached hydrogens (primary N) is 2.